The van der Waals surface area contributed by atoms with Crippen LogP contribution in [0.3, 0.4) is 0 Å². The first-order valence-electron chi connectivity index (χ1n) is 11.7. The van der Waals surface area contributed by atoms with Crippen molar-refractivity contribution in [1.29, 1.82) is 0 Å². The van der Waals surface area contributed by atoms with Gasteiger partial charge in [-0.25, -0.2) is 9.50 Å². The smallest absolute Gasteiger partial charge is 0.417 e. The molecule has 10 nitrogen and oxygen atoms in total. The number of amides is 1. The minimum Gasteiger partial charge on any atom is -0.487 e. The first kappa shape index (κ1) is 25.5. The summed E-state index contributed by atoms with van der Waals surface area (Å²) >= 11 is 0. The third-order valence-corrected chi connectivity index (χ3v) is 5.84. The number of carbonyl (C=O) groups is 1. The average Bonchev–Trinajstić information content (AvgIpc) is 3.40. The second-order valence-electron chi connectivity index (χ2n) is 9.14. The van der Waals surface area contributed by atoms with E-state index in [-0.39, 0.29) is 41.6 Å². The number of nitrogens with one attached hydrogen (secondary N) is 3. The van der Waals surface area contributed by atoms with Crippen LogP contribution in [0.5, 0.6) is 5.75 Å². The van der Waals surface area contributed by atoms with Crippen LogP contribution in [-0.2, 0) is 15.7 Å². The Bertz CT molecular complexity index is 1450. The Morgan fingerprint density at radius 1 is 1.32 bits per heavy atom. The van der Waals surface area contributed by atoms with Crippen LogP contribution < -0.4 is 20.9 Å². The SMILES string of the molecule is Cc1nc2c(OC[C@H]3COC(C)(C)O3)cc(-c3ccccc3C(F)(F)F)nn2c1C(=O)NC1=CC=CNN1. The number of aryl methyl sites for hydroxylation is 1. The van der Waals surface area contributed by atoms with E-state index < -0.39 is 29.5 Å². The number of aromatic nitrogens is 3. The Morgan fingerprint density at radius 2 is 2.11 bits per heavy atom. The van der Waals surface area contributed by atoms with E-state index >= 15 is 0 Å². The summed E-state index contributed by atoms with van der Waals surface area (Å²) in [7, 11) is 0. The molecule has 0 radical (unpaired) electrons. The third-order valence-electron chi connectivity index (χ3n) is 5.84. The Kier molecular flexibility index (Phi) is 6.49. The number of nitrogens with zero attached hydrogens (tertiary/aromatic N) is 3. The molecule has 0 aliphatic carbocycles. The molecule has 2 aliphatic rings. The van der Waals surface area contributed by atoms with Crippen LogP contribution in [0.2, 0.25) is 0 Å². The lowest BCUT2D eigenvalue weighted by Crippen LogP contribution is -2.39. The van der Waals surface area contributed by atoms with Gasteiger partial charge in [-0.15, -0.1) is 0 Å². The highest BCUT2D eigenvalue weighted by atomic mass is 19.4. The number of hydrogen-bond acceptors (Lipinski definition) is 8. The molecular weight excluding hydrogens is 505 g/mol. The summed E-state index contributed by atoms with van der Waals surface area (Å²) in [5.74, 6) is -0.843. The second kappa shape index (κ2) is 9.65. The van der Waals surface area contributed by atoms with Crippen molar-refractivity contribution in [3.63, 3.8) is 0 Å². The lowest BCUT2D eigenvalue weighted by molar-refractivity contribution is -0.141. The molecule has 0 bridgehead atoms. The summed E-state index contributed by atoms with van der Waals surface area (Å²) in [5.41, 5.74) is 4.95. The predicted octanol–water partition coefficient (Wildman–Crippen LogP) is 3.45. The molecule has 5 rings (SSSR count). The Balaban J connectivity index is 1.60. The first-order valence-corrected chi connectivity index (χ1v) is 11.7. The van der Waals surface area contributed by atoms with Crippen molar-refractivity contribution in [2.45, 2.75) is 38.8 Å². The molecule has 0 unspecified atom stereocenters. The first-order chi connectivity index (χ1) is 18.0. The summed E-state index contributed by atoms with van der Waals surface area (Å²) in [6, 6.07) is 6.46. The van der Waals surface area contributed by atoms with E-state index in [1.165, 1.54) is 28.8 Å². The van der Waals surface area contributed by atoms with Crippen molar-refractivity contribution in [3.8, 4) is 17.0 Å². The van der Waals surface area contributed by atoms with E-state index in [1.54, 1.807) is 39.1 Å². The van der Waals surface area contributed by atoms with Crippen LogP contribution >= 0.6 is 0 Å². The van der Waals surface area contributed by atoms with Crippen LogP contribution in [0.4, 0.5) is 13.2 Å². The standard InChI is InChI=1S/C25H25F3N6O4/c1-14-21(23(35)31-20-9-6-10-29-32-20)34-22(30-14)19(36-12-15-13-37-24(2,3)38-15)11-18(33-34)16-7-4-5-8-17(16)25(26,27)28/h4-11,15,29,32H,12-13H2,1-3H3,(H,31,35)/t15-/m0/s1. The number of carbonyl (C=O) groups excluding carboxylic acids is 1. The van der Waals surface area contributed by atoms with Crippen molar-refractivity contribution < 1.29 is 32.2 Å². The Labute approximate surface area is 215 Å². The van der Waals surface area contributed by atoms with Gasteiger partial charge < -0.3 is 25.0 Å². The van der Waals surface area contributed by atoms with E-state index in [4.69, 9.17) is 14.2 Å². The van der Waals surface area contributed by atoms with E-state index in [0.29, 0.717) is 11.5 Å². The fourth-order valence-electron chi connectivity index (χ4n) is 4.19. The number of benzene rings is 1. The fourth-order valence-corrected chi connectivity index (χ4v) is 4.19. The molecule has 3 aromatic rings. The number of imidazole rings is 1. The number of fused-ring (bicyclic) bond motifs is 1. The molecule has 4 heterocycles. The number of alkyl halides is 3. The minimum absolute atomic E-state index is 0.0371. The minimum atomic E-state index is -4.63. The van der Waals surface area contributed by atoms with Crippen molar-refractivity contribution in [1.82, 2.24) is 30.8 Å². The Morgan fingerprint density at radius 3 is 2.79 bits per heavy atom. The molecule has 1 amide bonds. The lowest BCUT2D eigenvalue weighted by Gasteiger charge is -2.18. The van der Waals surface area contributed by atoms with Crippen LogP contribution in [0.1, 0.15) is 35.6 Å². The maximum absolute atomic E-state index is 13.8. The van der Waals surface area contributed by atoms with Crippen LogP contribution in [0.25, 0.3) is 16.9 Å². The van der Waals surface area contributed by atoms with Crippen molar-refractivity contribution in [3.05, 3.63) is 71.5 Å². The quantitative estimate of drug-likeness (QED) is 0.445. The number of ether oxygens (including phenoxy) is 3. The predicted molar refractivity (Wildman–Crippen MR) is 130 cm³/mol. The molecule has 0 spiro atoms. The highest BCUT2D eigenvalue weighted by molar-refractivity contribution is 5.96. The highest BCUT2D eigenvalue weighted by Gasteiger charge is 2.35. The largest absolute Gasteiger partial charge is 0.487 e. The lowest BCUT2D eigenvalue weighted by atomic mass is 10.0. The molecule has 2 aromatic heterocycles. The topological polar surface area (TPSA) is 111 Å². The monoisotopic (exact) mass is 530 g/mol. The molecule has 3 N–H and O–H groups in total. The number of allylic oxidation sites excluding steroid dienone is 2. The van der Waals surface area contributed by atoms with Crippen LogP contribution in [0.15, 0.2) is 54.5 Å². The maximum atomic E-state index is 13.8. The summed E-state index contributed by atoms with van der Waals surface area (Å²) in [6.45, 7) is 5.48. The van der Waals surface area contributed by atoms with Gasteiger partial charge in [0.1, 0.15) is 18.5 Å². The Hall–Kier alpha value is -4.10. The van der Waals surface area contributed by atoms with Gasteiger partial charge in [-0.05, 0) is 39.0 Å². The molecule has 38 heavy (non-hydrogen) atoms. The van der Waals surface area contributed by atoms with E-state index in [1.807, 2.05) is 0 Å². The van der Waals surface area contributed by atoms with Gasteiger partial charge in [-0.3, -0.25) is 10.2 Å². The maximum Gasteiger partial charge on any atom is 0.417 e. The van der Waals surface area contributed by atoms with Gasteiger partial charge in [0.25, 0.3) is 5.91 Å². The van der Waals surface area contributed by atoms with Crippen LogP contribution in [0, 0.1) is 6.92 Å². The summed E-state index contributed by atoms with van der Waals surface area (Å²) in [4.78, 5) is 17.7. The zero-order valence-electron chi connectivity index (χ0n) is 20.7. The van der Waals surface area contributed by atoms with Gasteiger partial charge in [0, 0.05) is 17.8 Å². The van der Waals surface area contributed by atoms with Gasteiger partial charge in [-0.1, -0.05) is 18.2 Å². The second-order valence-corrected chi connectivity index (χ2v) is 9.14. The number of hydrazine groups is 1. The van der Waals surface area contributed by atoms with Crippen LogP contribution in [-0.4, -0.2) is 45.6 Å². The zero-order chi connectivity index (χ0) is 27.1. The molecule has 1 aromatic carbocycles. The number of halogens is 3. The van der Waals surface area contributed by atoms with Crippen molar-refractivity contribution in [2.24, 2.45) is 0 Å². The van der Waals surface area contributed by atoms with Gasteiger partial charge in [0.2, 0.25) is 0 Å². The number of hydrogen-bond donors (Lipinski definition) is 3. The molecule has 200 valence electrons. The van der Waals surface area contributed by atoms with Gasteiger partial charge in [-0.2, -0.15) is 18.3 Å². The fraction of sp³-hybridized carbons (Fsp3) is 0.320. The summed E-state index contributed by atoms with van der Waals surface area (Å²) in [5, 5.41) is 7.10. The van der Waals surface area contributed by atoms with E-state index in [9.17, 15) is 18.0 Å². The number of rotatable bonds is 6. The highest BCUT2D eigenvalue weighted by Crippen LogP contribution is 2.38. The molecule has 1 atom stereocenters. The summed E-state index contributed by atoms with van der Waals surface area (Å²) < 4.78 is 60.1. The molecule has 13 heteroatoms. The molecule has 0 saturated carbocycles. The van der Waals surface area contributed by atoms with Gasteiger partial charge >= 0.3 is 6.18 Å². The van der Waals surface area contributed by atoms with Crippen molar-refractivity contribution in [2.75, 3.05) is 13.2 Å². The van der Waals surface area contributed by atoms with Gasteiger partial charge in [0.05, 0.1) is 23.6 Å². The van der Waals surface area contributed by atoms with E-state index in [0.717, 1.165) is 6.07 Å². The van der Waals surface area contributed by atoms with Crippen molar-refractivity contribution >= 4 is 11.6 Å². The molecule has 2 aliphatic heterocycles. The average molecular weight is 531 g/mol. The van der Waals surface area contributed by atoms with E-state index in [2.05, 4.69) is 26.3 Å². The molecule has 1 saturated heterocycles. The zero-order valence-corrected chi connectivity index (χ0v) is 20.7. The molecular formula is C25H25F3N6O4. The molecule has 1 fully saturated rings. The summed E-state index contributed by atoms with van der Waals surface area (Å²) in [6.07, 6.45) is -0.0945. The normalized spacial score (nSPS) is 18.6. The van der Waals surface area contributed by atoms with Gasteiger partial charge in [0.15, 0.2) is 22.9 Å². The third kappa shape index (κ3) is 5.15.